The van der Waals surface area contributed by atoms with Gasteiger partial charge >= 0.3 is 0 Å². The third kappa shape index (κ3) is 3.06. The molecule has 4 heteroatoms. The number of hydrogen-bond donors (Lipinski definition) is 2. The van der Waals surface area contributed by atoms with Crippen LogP contribution in [0.2, 0.25) is 0 Å². The van der Waals surface area contributed by atoms with Gasteiger partial charge in [0.25, 0.3) is 0 Å². The average molecular weight is 275 g/mol. The first-order chi connectivity index (χ1) is 9.44. The summed E-state index contributed by atoms with van der Waals surface area (Å²) in [7, 11) is 0. The molecule has 3 N–H and O–H groups in total. The number of oxime groups is 1. The van der Waals surface area contributed by atoms with E-state index in [9.17, 15) is 0 Å². The third-order valence-corrected chi connectivity index (χ3v) is 4.26. The first-order valence-corrected chi connectivity index (χ1v) is 7.26. The highest BCUT2D eigenvalue weighted by molar-refractivity contribution is 5.85. The number of aryl methyl sites for hydroxylation is 2. The lowest BCUT2D eigenvalue weighted by Crippen LogP contribution is -2.38. The van der Waals surface area contributed by atoms with Gasteiger partial charge in [0.2, 0.25) is 0 Å². The van der Waals surface area contributed by atoms with Crippen molar-refractivity contribution >= 4 is 11.5 Å². The molecule has 0 atom stereocenters. The summed E-state index contributed by atoms with van der Waals surface area (Å²) < 4.78 is 0. The number of anilines is 1. The number of hydrogen-bond acceptors (Lipinski definition) is 3. The topological polar surface area (TPSA) is 61.8 Å². The SMILES string of the molecule is Cc1ccc2c(c1)CCCN2CCC(C)(C)C(N)=NO. The van der Waals surface area contributed by atoms with E-state index in [1.807, 2.05) is 13.8 Å². The average Bonchev–Trinajstić information content (AvgIpc) is 2.43. The highest BCUT2D eigenvalue weighted by atomic mass is 16.4. The van der Waals surface area contributed by atoms with Gasteiger partial charge in [0.05, 0.1) is 0 Å². The van der Waals surface area contributed by atoms with Crippen molar-refractivity contribution in [3.8, 4) is 0 Å². The second-order valence-electron chi connectivity index (χ2n) is 6.34. The van der Waals surface area contributed by atoms with Crippen molar-refractivity contribution in [3.63, 3.8) is 0 Å². The summed E-state index contributed by atoms with van der Waals surface area (Å²) in [5.74, 6) is 0.304. The molecule has 1 aromatic rings. The Kier molecular flexibility index (Phi) is 4.21. The number of nitrogens with zero attached hydrogens (tertiary/aromatic N) is 2. The molecule has 1 heterocycles. The summed E-state index contributed by atoms with van der Waals surface area (Å²) in [4.78, 5) is 2.42. The zero-order valence-corrected chi connectivity index (χ0v) is 12.7. The van der Waals surface area contributed by atoms with Crippen molar-refractivity contribution in [3.05, 3.63) is 29.3 Å². The van der Waals surface area contributed by atoms with Gasteiger partial charge in [-0.1, -0.05) is 36.7 Å². The lowest BCUT2D eigenvalue weighted by atomic mass is 9.87. The van der Waals surface area contributed by atoms with Crippen LogP contribution in [-0.2, 0) is 6.42 Å². The molecule has 0 unspecified atom stereocenters. The zero-order chi connectivity index (χ0) is 14.8. The molecule has 0 spiro atoms. The molecule has 0 radical (unpaired) electrons. The minimum atomic E-state index is -0.281. The molecule has 0 saturated carbocycles. The van der Waals surface area contributed by atoms with Gasteiger partial charge in [-0.3, -0.25) is 0 Å². The Morgan fingerprint density at radius 2 is 2.20 bits per heavy atom. The second kappa shape index (κ2) is 5.73. The summed E-state index contributed by atoms with van der Waals surface area (Å²) in [6, 6.07) is 6.68. The van der Waals surface area contributed by atoms with Gasteiger partial charge in [0, 0.05) is 24.2 Å². The summed E-state index contributed by atoms with van der Waals surface area (Å²) in [6.45, 7) is 8.19. The van der Waals surface area contributed by atoms with E-state index in [1.54, 1.807) is 0 Å². The monoisotopic (exact) mass is 275 g/mol. The summed E-state index contributed by atoms with van der Waals surface area (Å²) in [6.07, 6.45) is 3.23. The fraction of sp³-hybridized carbons (Fsp3) is 0.562. The van der Waals surface area contributed by atoms with Crippen LogP contribution in [0.3, 0.4) is 0 Å². The van der Waals surface area contributed by atoms with Crippen LogP contribution in [-0.4, -0.2) is 24.1 Å². The van der Waals surface area contributed by atoms with Crippen molar-refractivity contribution in [2.75, 3.05) is 18.0 Å². The number of fused-ring (bicyclic) bond motifs is 1. The van der Waals surface area contributed by atoms with Crippen molar-refractivity contribution in [2.24, 2.45) is 16.3 Å². The van der Waals surface area contributed by atoms with E-state index < -0.39 is 0 Å². The molecule has 0 fully saturated rings. The molecule has 0 aliphatic carbocycles. The molecule has 0 bridgehead atoms. The fourth-order valence-electron chi connectivity index (χ4n) is 2.71. The maximum atomic E-state index is 8.85. The van der Waals surface area contributed by atoms with E-state index in [0.717, 1.165) is 25.9 Å². The summed E-state index contributed by atoms with van der Waals surface area (Å²) in [5, 5.41) is 12.0. The molecule has 1 aliphatic heterocycles. The van der Waals surface area contributed by atoms with Gasteiger partial charge in [-0.2, -0.15) is 0 Å². The van der Waals surface area contributed by atoms with Crippen LogP contribution in [0.25, 0.3) is 0 Å². The van der Waals surface area contributed by atoms with Crippen LogP contribution in [0.15, 0.2) is 23.4 Å². The second-order valence-corrected chi connectivity index (χ2v) is 6.34. The van der Waals surface area contributed by atoms with E-state index in [4.69, 9.17) is 10.9 Å². The first kappa shape index (κ1) is 14.7. The van der Waals surface area contributed by atoms with E-state index >= 15 is 0 Å². The predicted octanol–water partition coefficient (Wildman–Crippen LogP) is 2.91. The van der Waals surface area contributed by atoms with Gasteiger partial charge < -0.3 is 15.8 Å². The number of nitrogens with two attached hydrogens (primary N) is 1. The van der Waals surface area contributed by atoms with Crippen LogP contribution < -0.4 is 10.6 Å². The lowest BCUT2D eigenvalue weighted by Gasteiger charge is -2.34. The van der Waals surface area contributed by atoms with Gasteiger partial charge in [-0.05, 0) is 37.8 Å². The van der Waals surface area contributed by atoms with Crippen molar-refractivity contribution in [1.82, 2.24) is 0 Å². The predicted molar refractivity (Wildman–Crippen MR) is 83.5 cm³/mol. The molecule has 0 amide bonds. The molecule has 0 saturated heterocycles. The van der Waals surface area contributed by atoms with E-state index in [2.05, 4.69) is 35.2 Å². The molecule has 110 valence electrons. The van der Waals surface area contributed by atoms with Crippen LogP contribution in [0, 0.1) is 12.3 Å². The summed E-state index contributed by atoms with van der Waals surface area (Å²) in [5.41, 5.74) is 9.59. The van der Waals surface area contributed by atoms with Crippen LogP contribution in [0.1, 0.15) is 37.8 Å². The Morgan fingerprint density at radius 3 is 2.90 bits per heavy atom. The van der Waals surface area contributed by atoms with Gasteiger partial charge in [0.15, 0.2) is 0 Å². The minimum absolute atomic E-state index is 0.281. The van der Waals surface area contributed by atoms with E-state index in [0.29, 0.717) is 5.84 Å². The third-order valence-electron chi connectivity index (χ3n) is 4.26. The first-order valence-electron chi connectivity index (χ1n) is 7.26. The van der Waals surface area contributed by atoms with Gasteiger partial charge in [0.1, 0.15) is 5.84 Å². The number of rotatable bonds is 4. The highest BCUT2D eigenvalue weighted by Crippen LogP contribution is 2.30. The number of amidine groups is 1. The van der Waals surface area contributed by atoms with Crippen molar-refractivity contribution in [1.29, 1.82) is 0 Å². The van der Waals surface area contributed by atoms with Crippen molar-refractivity contribution in [2.45, 2.75) is 40.0 Å². The van der Waals surface area contributed by atoms with Crippen LogP contribution >= 0.6 is 0 Å². The van der Waals surface area contributed by atoms with Gasteiger partial charge in [-0.15, -0.1) is 0 Å². The molecule has 20 heavy (non-hydrogen) atoms. The van der Waals surface area contributed by atoms with Crippen molar-refractivity contribution < 1.29 is 5.21 Å². The molecule has 0 aromatic heterocycles. The highest BCUT2D eigenvalue weighted by Gasteiger charge is 2.25. The Balaban J connectivity index is 2.09. The Labute approximate surface area is 121 Å². The Morgan fingerprint density at radius 1 is 1.45 bits per heavy atom. The Bertz CT molecular complexity index is 508. The maximum absolute atomic E-state index is 8.85. The quantitative estimate of drug-likeness (QED) is 0.384. The smallest absolute Gasteiger partial charge is 0.144 e. The molecule has 1 aliphatic rings. The lowest BCUT2D eigenvalue weighted by molar-refractivity contribution is 0.305. The van der Waals surface area contributed by atoms with E-state index in [-0.39, 0.29) is 5.41 Å². The Hall–Kier alpha value is -1.71. The van der Waals surface area contributed by atoms with Crippen LogP contribution in [0.4, 0.5) is 5.69 Å². The standard InChI is InChI=1S/C16H25N3O/c1-12-6-7-14-13(11-12)5-4-9-19(14)10-8-16(2,3)15(17)18-20/h6-7,11,20H,4-5,8-10H2,1-3H3,(H2,17,18). The number of benzene rings is 1. The molecule has 4 nitrogen and oxygen atoms in total. The molecular weight excluding hydrogens is 250 g/mol. The fourth-order valence-corrected chi connectivity index (χ4v) is 2.71. The minimum Gasteiger partial charge on any atom is -0.409 e. The van der Waals surface area contributed by atoms with E-state index in [1.165, 1.54) is 23.2 Å². The molecular formula is C16H25N3O. The normalized spacial score (nSPS) is 16.1. The zero-order valence-electron chi connectivity index (χ0n) is 12.7. The van der Waals surface area contributed by atoms with Gasteiger partial charge in [-0.25, -0.2) is 0 Å². The largest absolute Gasteiger partial charge is 0.409 e. The summed E-state index contributed by atoms with van der Waals surface area (Å²) >= 11 is 0. The molecule has 2 rings (SSSR count). The van der Waals surface area contributed by atoms with Crippen LogP contribution in [0.5, 0.6) is 0 Å². The molecule has 1 aromatic carbocycles. The maximum Gasteiger partial charge on any atom is 0.144 e.